The first kappa shape index (κ1) is 9.45. The van der Waals surface area contributed by atoms with E-state index in [4.69, 9.17) is 0 Å². The second kappa shape index (κ2) is 3.96. The van der Waals surface area contributed by atoms with Crippen LogP contribution in [0, 0.1) is 0 Å². The molecule has 0 aliphatic rings. The summed E-state index contributed by atoms with van der Waals surface area (Å²) in [6.07, 6.45) is 4.84. The Morgan fingerprint density at radius 2 is 2.40 bits per heavy atom. The maximum Gasteiger partial charge on any atom is 0.330 e. The van der Waals surface area contributed by atoms with Crippen molar-refractivity contribution in [3.63, 3.8) is 0 Å². The lowest BCUT2D eigenvalue weighted by molar-refractivity contribution is -0.134. The van der Waals surface area contributed by atoms with Crippen LogP contribution in [0.25, 0.3) is 17.0 Å². The van der Waals surface area contributed by atoms with E-state index in [2.05, 4.69) is 14.9 Å². The number of aromatic amines is 1. The molecule has 0 atom stereocenters. The van der Waals surface area contributed by atoms with Crippen molar-refractivity contribution in [1.29, 1.82) is 0 Å². The molecule has 1 aromatic carbocycles. The van der Waals surface area contributed by atoms with Crippen molar-refractivity contribution < 1.29 is 9.53 Å². The van der Waals surface area contributed by atoms with Gasteiger partial charge < -0.3 is 4.74 Å². The number of carbonyl (C=O) groups excluding carboxylic acids is 1. The van der Waals surface area contributed by atoms with Crippen molar-refractivity contribution in [3.8, 4) is 0 Å². The minimum Gasteiger partial charge on any atom is -0.466 e. The van der Waals surface area contributed by atoms with Crippen LogP contribution in [0.5, 0.6) is 0 Å². The van der Waals surface area contributed by atoms with Crippen molar-refractivity contribution in [2.24, 2.45) is 0 Å². The van der Waals surface area contributed by atoms with Gasteiger partial charge in [0.2, 0.25) is 0 Å². The summed E-state index contributed by atoms with van der Waals surface area (Å²) in [6, 6.07) is 5.77. The fourth-order valence-corrected chi connectivity index (χ4v) is 1.29. The lowest BCUT2D eigenvalue weighted by Crippen LogP contribution is -1.93. The van der Waals surface area contributed by atoms with Gasteiger partial charge in [-0.05, 0) is 17.7 Å². The highest BCUT2D eigenvalue weighted by Gasteiger charge is 1.96. The standard InChI is InChI=1S/C11H10N2O2/c1-15-11(14)5-3-8-2-4-9-7-12-13-10(9)6-8/h2-7H,1H3,(H,12,13). The summed E-state index contributed by atoms with van der Waals surface area (Å²) in [7, 11) is 1.35. The number of esters is 1. The molecule has 0 bridgehead atoms. The fourth-order valence-electron chi connectivity index (χ4n) is 1.29. The van der Waals surface area contributed by atoms with Gasteiger partial charge in [0.25, 0.3) is 0 Å². The zero-order chi connectivity index (χ0) is 10.7. The molecule has 1 N–H and O–H groups in total. The molecular weight excluding hydrogens is 192 g/mol. The van der Waals surface area contributed by atoms with Crippen molar-refractivity contribution in [2.75, 3.05) is 7.11 Å². The maximum absolute atomic E-state index is 10.9. The summed E-state index contributed by atoms with van der Waals surface area (Å²) in [5.41, 5.74) is 1.87. The van der Waals surface area contributed by atoms with Gasteiger partial charge in [-0.3, -0.25) is 5.10 Å². The van der Waals surface area contributed by atoms with Gasteiger partial charge in [0, 0.05) is 11.5 Å². The van der Waals surface area contributed by atoms with Crippen molar-refractivity contribution in [3.05, 3.63) is 36.0 Å². The van der Waals surface area contributed by atoms with Crippen molar-refractivity contribution in [2.45, 2.75) is 0 Å². The number of aromatic nitrogens is 2. The first-order chi connectivity index (χ1) is 7.29. The fraction of sp³-hybridized carbons (Fsp3) is 0.0909. The molecule has 0 radical (unpaired) electrons. The summed E-state index contributed by atoms with van der Waals surface area (Å²) in [6.45, 7) is 0. The van der Waals surface area contributed by atoms with E-state index in [0.29, 0.717) is 0 Å². The number of rotatable bonds is 2. The van der Waals surface area contributed by atoms with Gasteiger partial charge in [-0.25, -0.2) is 4.79 Å². The summed E-state index contributed by atoms with van der Waals surface area (Å²) >= 11 is 0. The van der Waals surface area contributed by atoms with Crippen LogP contribution in [-0.2, 0) is 9.53 Å². The minimum absolute atomic E-state index is 0.361. The van der Waals surface area contributed by atoms with Crippen LogP contribution in [0.15, 0.2) is 30.5 Å². The molecule has 1 heterocycles. The normalized spacial score (nSPS) is 11.0. The average Bonchev–Trinajstić information content (AvgIpc) is 2.72. The number of hydrogen-bond donors (Lipinski definition) is 1. The van der Waals surface area contributed by atoms with E-state index in [1.165, 1.54) is 13.2 Å². The van der Waals surface area contributed by atoms with Crippen LogP contribution in [0.3, 0.4) is 0 Å². The van der Waals surface area contributed by atoms with E-state index >= 15 is 0 Å². The topological polar surface area (TPSA) is 55.0 Å². The lowest BCUT2D eigenvalue weighted by Gasteiger charge is -1.93. The van der Waals surface area contributed by atoms with Gasteiger partial charge in [-0.15, -0.1) is 0 Å². The quantitative estimate of drug-likeness (QED) is 0.596. The number of nitrogens with zero attached hydrogens (tertiary/aromatic N) is 1. The molecule has 4 nitrogen and oxygen atoms in total. The minimum atomic E-state index is -0.361. The first-order valence-electron chi connectivity index (χ1n) is 4.49. The third-order valence-electron chi connectivity index (χ3n) is 2.08. The van der Waals surface area contributed by atoms with Crippen molar-refractivity contribution >= 4 is 22.9 Å². The highest BCUT2D eigenvalue weighted by molar-refractivity contribution is 5.88. The Balaban J connectivity index is 2.28. The van der Waals surface area contributed by atoms with E-state index in [1.807, 2.05) is 18.2 Å². The molecular formula is C11H10N2O2. The van der Waals surface area contributed by atoms with E-state index in [0.717, 1.165) is 16.5 Å². The van der Waals surface area contributed by atoms with E-state index in [1.54, 1.807) is 12.3 Å². The molecule has 0 aliphatic carbocycles. The second-order valence-electron chi connectivity index (χ2n) is 3.07. The van der Waals surface area contributed by atoms with Crippen LogP contribution >= 0.6 is 0 Å². The summed E-state index contributed by atoms with van der Waals surface area (Å²) in [5.74, 6) is -0.361. The van der Waals surface area contributed by atoms with Gasteiger partial charge in [0.1, 0.15) is 0 Å². The molecule has 0 unspecified atom stereocenters. The Morgan fingerprint density at radius 1 is 1.53 bits per heavy atom. The third-order valence-corrected chi connectivity index (χ3v) is 2.08. The molecule has 0 saturated carbocycles. The molecule has 0 fully saturated rings. The highest BCUT2D eigenvalue weighted by atomic mass is 16.5. The number of benzene rings is 1. The van der Waals surface area contributed by atoms with Crippen molar-refractivity contribution in [1.82, 2.24) is 10.2 Å². The number of nitrogens with one attached hydrogen (secondary N) is 1. The molecule has 76 valence electrons. The Bertz CT molecular complexity index is 514. The van der Waals surface area contributed by atoms with Crippen LogP contribution in [0.2, 0.25) is 0 Å². The van der Waals surface area contributed by atoms with Crippen LogP contribution in [-0.4, -0.2) is 23.3 Å². The van der Waals surface area contributed by atoms with Gasteiger partial charge >= 0.3 is 5.97 Å². The predicted molar refractivity (Wildman–Crippen MR) is 57.1 cm³/mol. The zero-order valence-corrected chi connectivity index (χ0v) is 8.23. The van der Waals surface area contributed by atoms with Gasteiger partial charge in [0.05, 0.1) is 18.8 Å². The monoisotopic (exact) mass is 202 g/mol. The average molecular weight is 202 g/mol. The van der Waals surface area contributed by atoms with E-state index in [-0.39, 0.29) is 5.97 Å². The Kier molecular flexibility index (Phi) is 2.49. The first-order valence-corrected chi connectivity index (χ1v) is 4.49. The lowest BCUT2D eigenvalue weighted by atomic mass is 10.1. The highest BCUT2D eigenvalue weighted by Crippen LogP contribution is 2.13. The molecule has 15 heavy (non-hydrogen) atoms. The molecule has 4 heteroatoms. The smallest absolute Gasteiger partial charge is 0.330 e. The Hall–Kier alpha value is -2.10. The van der Waals surface area contributed by atoms with Gasteiger partial charge in [-0.1, -0.05) is 12.1 Å². The van der Waals surface area contributed by atoms with Crippen LogP contribution < -0.4 is 0 Å². The molecule has 0 aliphatic heterocycles. The van der Waals surface area contributed by atoms with E-state index < -0.39 is 0 Å². The number of carbonyl (C=O) groups is 1. The number of fused-ring (bicyclic) bond motifs is 1. The summed E-state index contributed by atoms with van der Waals surface area (Å²) in [4.78, 5) is 10.9. The largest absolute Gasteiger partial charge is 0.466 e. The predicted octanol–water partition coefficient (Wildman–Crippen LogP) is 1.75. The van der Waals surface area contributed by atoms with Gasteiger partial charge in [0.15, 0.2) is 0 Å². The number of H-pyrrole nitrogens is 1. The molecule has 0 saturated heterocycles. The molecule has 2 rings (SSSR count). The number of hydrogen-bond acceptors (Lipinski definition) is 3. The second-order valence-corrected chi connectivity index (χ2v) is 3.07. The number of methoxy groups -OCH3 is 1. The zero-order valence-electron chi connectivity index (χ0n) is 8.23. The molecule has 2 aromatic rings. The third kappa shape index (κ3) is 2.04. The molecule has 0 amide bonds. The summed E-state index contributed by atoms with van der Waals surface area (Å²) < 4.78 is 4.50. The Labute approximate surface area is 86.6 Å². The van der Waals surface area contributed by atoms with Crippen LogP contribution in [0.4, 0.5) is 0 Å². The Morgan fingerprint density at radius 3 is 3.20 bits per heavy atom. The van der Waals surface area contributed by atoms with Gasteiger partial charge in [-0.2, -0.15) is 5.10 Å². The summed E-state index contributed by atoms with van der Waals surface area (Å²) in [5, 5.41) is 7.82. The SMILES string of the molecule is COC(=O)C=Cc1ccc2cn[nH]c2c1. The van der Waals surface area contributed by atoms with E-state index in [9.17, 15) is 4.79 Å². The molecule has 0 spiro atoms. The number of ether oxygens (including phenoxy) is 1. The maximum atomic E-state index is 10.9. The van der Waals surface area contributed by atoms with Crippen LogP contribution in [0.1, 0.15) is 5.56 Å². The molecule has 1 aromatic heterocycles.